The molecule has 0 fully saturated rings. The molecule has 128 valence electrons. The highest BCUT2D eigenvalue weighted by molar-refractivity contribution is 7.80. The fourth-order valence-electron chi connectivity index (χ4n) is 1.88. The van der Waals surface area contributed by atoms with Crippen LogP contribution in [0.25, 0.3) is 0 Å². The quantitative estimate of drug-likeness (QED) is 0.157. The number of carbonyl (C=O) groups excluding carboxylic acids is 2. The second kappa shape index (κ2) is 12.1. The van der Waals surface area contributed by atoms with Gasteiger partial charge in [-0.1, -0.05) is 13.8 Å². The number of nitrogens with two attached hydrogens (primary N) is 2. The van der Waals surface area contributed by atoms with Crippen molar-refractivity contribution >= 4 is 30.4 Å². The van der Waals surface area contributed by atoms with Crippen molar-refractivity contribution in [1.29, 1.82) is 0 Å². The highest BCUT2D eigenvalue weighted by Crippen LogP contribution is 2.13. The van der Waals surface area contributed by atoms with Gasteiger partial charge in [-0.05, 0) is 25.2 Å². The van der Waals surface area contributed by atoms with E-state index in [4.69, 9.17) is 11.5 Å². The van der Waals surface area contributed by atoms with Crippen molar-refractivity contribution < 1.29 is 9.59 Å². The Kier molecular flexibility index (Phi) is 11.3. The van der Waals surface area contributed by atoms with Gasteiger partial charge >= 0.3 is 0 Å². The number of nitrogens with zero attached hydrogens (tertiary/aromatic N) is 1. The zero-order valence-corrected chi connectivity index (χ0v) is 14.4. The Hall–Kier alpha value is -1.44. The number of hydrogen-bond donors (Lipinski definition) is 5. The Morgan fingerprint density at radius 3 is 2.41 bits per heavy atom. The maximum absolute atomic E-state index is 11.9. The molecule has 1 unspecified atom stereocenters. The van der Waals surface area contributed by atoms with Crippen LogP contribution in [0.5, 0.6) is 0 Å². The molecule has 0 rings (SSSR count). The lowest BCUT2D eigenvalue weighted by Gasteiger charge is -2.16. The molecule has 0 radical (unpaired) electrons. The van der Waals surface area contributed by atoms with Gasteiger partial charge in [0.1, 0.15) is 0 Å². The van der Waals surface area contributed by atoms with Crippen molar-refractivity contribution in [3.63, 3.8) is 0 Å². The van der Waals surface area contributed by atoms with Crippen molar-refractivity contribution in [3.05, 3.63) is 0 Å². The number of hydrogen-bond acceptors (Lipinski definition) is 4. The number of nitrogens with one attached hydrogen (secondary N) is 2. The second-order valence-electron chi connectivity index (χ2n) is 5.59. The van der Waals surface area contributed by atoms with Gasteiger partial charge in [-0.3, -0.25) is 14.6 Å². The molecule has 0 aromatic rings. The molecule has 0 aliphatic rings. The van der Waals surface area contributed by atoms with E-state index in [-0.39, 0.29) is 30.2 Å². The molecule has 2 amide bonds. The van der Waals surface area contributed by atoms with Crippen LogP contribution in [0.4, 0.5) is 0 Å². The first-order chi connectivity index (χ1) is 10.4. The van der Waals surface area contributed by atoms with Crippen LogP contribution in [0.15, 0.2) is 4.99 Å². The summed E-state index contributed by atoms with van der Waals surface area (Å²) in [6.45, 7) is 5.19. The van der Waals surface area contributed by atoms with Crippen molar-refractivity contribution in [1.82, 2.24) is 10.6 Å². The molecule has 7 nitrogen and oxygen atoms in total. The summed E-state index contributed by atoms with van der Waals surface area (Å²) in [4.78, 5) is 27.4. The van der Waals surface area contributed by atoms with Gasteiger partial charge < -0.3 is 22.1 Å². The average Bonchev–Trinajstić information content (AvgIpc) is 2.45. The van der Waals surface area contributed by atoms with E-state index < -0.39 is 0 Å². The van der Waals surface area contributed by atoms with Crippen molar-refractivity contribution in [2.75, 3.05) is 25.4 Å². The number of amides is 2. The van der Waals surface area contributed by atoms with Crippen molar-refractivity contribution in [2.45, 2.75) is 33.1 Å². The number of aliphatic imine (C=N–C) groups is 1. The van der Waals surface area contributed by atoms with E-state index in [0.29, 0.717) is 24.8 Å². The van der Waals surface area contributed by atoms with E-state index >= 15 is 0 Å². The zero-order chi connectivity index (χ0) is 17.0. The SMILES string of the molecule is CC(C)CC(CS)C(=O)NCC(=O)NCCCCN=C(N)N. The Morgan fingerprint density at radius 2 is 1.86 bits per heavy atom. The minimum atomic E-state index is -0.197. The number of carbonyl (C=O) groups is 2. The Labute approximate surface area is 138 Å². The zero-order valence-electron chi connectivity index (χ0n) is 13.5. The van der Waals surface area contributed by atoms with Gasteiger partial charge in [0, 0.05) is 24.8 Å². The molecule has 0 bridgehead atoms. The van der Waals surface area contributed by atoms with Gasteiger partial charge in [0.15, 0.2) is 5.96 Å². The summed E-state index contributed by atoms with van der Waals surface area (Å²) in [6, 6.07) is 0. The van der Waals surface area contributed by atoms with Gasteiger partial charge in [0.2, 0.25) is 11.8 Å². The second-order valence-corrected chi connectivity index (χ2v) is 5.96. The Bertz CT molecular complexity index is 370. The lowest BCUT2D eigenvalue weighted by Crippen LogP contribution is -2.40. The minimum Gasteiger partial charge on any atom is -0.370 e. The molecule has 0 aromatic heterocycles. The predicted molar refractivity (Wildman–Crippen MR) is 92.7 cm³/mol. The topological polar surface area (TPSA) is 123 Å². The minimum absolute atomic E-state index is 0.00485. The third kappa shape index (κ3) is 11.2. The van der Waals surface area contributed by atoms with Crippen LogP contribution in [0, 0.1) is 11.8 Å². The van der Waals surface area contributed by atoms with Crippen LogP contribution < -0.4 is 22.1 Å². The van der Waals surface area contributed by atoms with Gasteiger partial charge in [-0.15, -0.1) is 0 Å². The lowest BCUT2D eigenvalue weighted by atomic mass is 9.98. The molecule has 0 aromatic carbocycles. The third-order valence-corrected chi connectivity index (χ3v) is 3.41. The molecule has 0 aliphatic heterocycles. The first-order valence-corrected chi connectivity index (χ1v) is 8.20. The van der Waals surface area contributed by atoms with E-state index in [1.54, 1.807) is 0 Å². The average molecular weight is 331 g/mol. The summed E-state index contributed by atoms with van der Waals surface area (Å²) in [5.74, 6) is 0.505. The molecular weight excluding hydrogens is 302 g/mol. The molecule has 0 saturated carbocycles. The maximum atomic E-state index is 11.9. The summed E-state index contributed by atoms with van der Waals surface area (Å²) >= 11 is 4.19. The first-order valence-electron chi connectivity index (χ1n) is 7.57. The lowest BCUT2D eigenvalue weighted by molar-refractivity contribution is -0.128. The van der Waals surface area contributed by atoms with Gasteiger partial charge in [0.05, 0.1) is 6.54 Å². The maximum Gasteiger partial charge on any atom is 0.239 e. The summed E-state index contributed by atoms with van der Waals surface area (Å²) in [6.07, 6.45) is 2.34. The molecule has 8 heteroatoms. The van der Waals surface area contributed by atoms with Crippen LogP contribution in [0.3, 0.4) is 0 Å². The molecule has 1 atom stereocenters. The summed E-state index contributed by atoms with van der Waals surface area (Å²) in [5.41, 5.74) is 10.4. The first kappa shape index (κ1) is 20.6. The van der Waals surface area contributed by atoms with Crippen LogP contribution in [-0.4, -0.2) is 43.2 Å². The number of rotatable bonds is 11. The van der Waals surface area contributed by atoms with Crippen LogP contribution in [-0.2, 0) is 9.59 Å². The van der Waals surface area contributed by atoms with E-state index in [2.05, 4.69) is 42.1 Å². The molecule has 0 spiro atoms. The predicted octanol–water partition coefficient (Wildman–Crippen LogP) is -0.135. The summed E-state index contributed by atoms with van der Waals surface area (Å²) in [5, 5.41) is 5.39. The largest absolute Gasteiger partial charge is 0.370 e. The Morgan fingerprint density at radius 1 is 1.18 bits per heavy atom. The van der Waals surface area contributed by atoms with Crippen LogP contribution in [0.2, 0.25) is 0 Å². The standard InChI is InChI=1S/C14H29N5O2S/c1-10(2)7-11(9-22)13(21)19-8-12(20)17-5-3-4-6-18-14(15)16/h10-11,22H,3-9H2,1-2H3,(H,17,20)(H,19,21)(H4,15,16,18). The normalized spacial score (nSPS) is 11.8. The van der Waals surface area contributed by atoms with Crippen molar-refractivity contribution in [2.24, 2.45) is 28.3 Å². The molecule has 0 aliphatic carbocycles. The number of unbranched alkanes of at least 4 members (excludes halogenated alkanes) is 1. The molecular formula is C14H29N5O2S. The molecule has 0 saturated heterocycles. The molecule has 6 N–H and O–H groups in total. The molecule has 0 heterocycles. The van der Waals surface area contributed by atoms with E-state index in [9.17, 15) is 9.59 Å². The number of guanidine groups is 1. The van der Waals surface area contributed by atoms with Gasteiger partial charge in [-0.2, -0.15) is 12.6 Å². The Balaban J connectivity index is 3.79. The highest BCUT2D eigenvalue weighted by Gasteiger charge is 2.18. The fourth-order valence-corrected chi connectivity index (χ4v) is 2.20. The monoisotopic (exact) mass is 331 g/mol. The number of thiol groups is 1. The van der Waals surface area contributed by atoms with E-state index in [0.717, 1.165) is 19.3 Å². The summed E-state index contributed by atoms with van der Waals surface area (Å²) < 4.78 is 0. The van der Waals surface area contributed by atoms with Gasteiger partial charge in [-0.25, -0.2) is 0 Å². The van der Waals surface area contributed by atoms with E-state index in [1.807, 2.05) is 0 Å². The highest BCUT2D eigenvalue weighted by atomic mass is 32.1. The van der Waals surface area contributed by atoms with Crippen molar-refractivity contribution in [3.8, 4) is 0 Å². The molecule has 22 heavy (non-hydrogen) atoms. The van der Waals surface area contributed by atoms with Crippen LogP contribution in [0.1, 0.15) is 33.1 Å². The third-order valence-electron chi connectivity index (χ3n) is 2.97. The summed E-state index contributed by atoms with van der Waals surface area (Å²) in [7, 11) is 0. The fraction of sp³-hybridized carbons (Fsp3) is 0.786. The van der Waals surface area contributed by atoms with E-state index in [1.165, 1.54) is 0 Å². The smallest absolute Gasteiger partial charge is 0.239 e. The van der Waals surface area contributed by atoms with Crippen LogP contribution >= 0.6 is 12.6 Å². The van der Waals surface area contributed by atoms with Gasteiger partial charge in [0.25, 0.3) is 0 Å².